The highest BCUT2D eigenvalue weighted by Gasteiger charge is 2.10. The normalized spacial score (nSPS) is 12.4. The van der Waals surface area contributed by atoms with Gasteiger partial charge in [0.05, 0.1) is 0 Å². The zero-order chi connectivity index (χ0) is 10.7. The van der Waals surface area contributed by atoms with Crippen LogP contribution < -0.4 is 5.32 Å². The van der Waals surface area contributed by atoms with E-state index in [0.29, 0.717) is 11.7 Å². The van der Waals surface area contributed by atoms with E-state index in [2.05, 4.69) is 20.5 Å². The smallest absolute Gasteiger partial charge is 0.321 e. The third-order valence-corrected chi connectivity index (χ3v) is 1.87. The molecular weight excluding hydrogens is 216 g/mol. The summed E-state index contributed by atoms with van der Waals surface area (Å²) in [4.78, 5) is 4.06. The highest BCUT2D eigenvalue weighted by Crippen LogP contribution is 2.20. The van der Waals surface area contributed by atoms with Gasteiger partial charge in [-0.15, -0.1) is 16.7 Å². The van der Waals surface area contributed by atoms with E-state index >= 15 is 0 Å². The van der Waals surface area contributed by atoms with Crippen molar-refractivity contribution in [2.24, 2.45) is 0 Å². The molecule has 0 fully saturated rings. The molecule has 2 aromatic rings. The molecule has 0 saturated carbocycles. The maximum atomic E-state index is 5.78. The summed E-state index contributed by atoms with van der Waals surface area (Å²) >= 11 is 5.78. The van der Waals surface area contributed by atoms with Gasteiger partial charge in [-0.25, -0.2) is 4.98 Å². The molecule has 0 spiro atoms. The number of hydrogen-bond acceptors (Lipinski definition) is 5. The molecule has 0 saturated heterocycles. The van der Waals surface area contributed by atoms with Crippen molar-refractivity contribution in [3.63, 3.8) is 0 Å². The van der Waals surface area contributed by atoms with E-state index in [1.165, 1.54) is 0 Å². The molecule has 0 aliphatic rings. The van der Waals surface area contributed by atoms with Crippen LogP contribution in [0.2, 0.25) is 0 Å². The van der Waals surface area contributed by atoms with Gasteiger partial charge in [0, 0.05) is 6.20 Å². The van der Waals surface area contributed by atoms with Gasteiger partial charge in [0.1, 0.15) is 11.2 Å². The maximum absolute atomic E-state index is 5.78. The van der Waals surface area contributed by atoms with Crippen LogP contribution in [-0.4, -0.2) is 15.2 Å². The highest BCUT2D eigenvalue weighted by atomic mass is 35.5. The van der Waals surface area contributed by atoms with E-state index in [1.54, 1.807) is 19.2 Å². The van der Waals surface area contributed by atoms with Crippen molar-refractivity contribution in [2.45, 2.75) is 12.3 Å². The Kier molecular flexibility index (Phi) is 2.82. The summed E-state index contributed by atoms with van der Waals surface area (Å²) in [5, 5.41) is 10.1. The first-order chi connectivity index (χ1) is 7.25. The molecule has 15 heavy (non-hydrogen) atoms. The third-order valence-electron chi connectivity index (χ3n) is 1.68. The fourth-order valence-electron chi connectivity index (χ4n) is 0.992. The van der Waals surface area contributed by atoms with Crippen molar-refractivity contribution in [2.75, 3.05) is 5.32 Å². The summed E-state index contributed by atoms with van der Waals surface area (Å²) in [7, 11) is 0. The van der Waals surface area contributed by atoms with Gasteiger partial charge >= 0.3 is 6.01 Å². The fraction of sp³-hybridized carbons (Fsp3) is 0.222. The second-order valence-corrected chi connectivity index (χ2v) is 3.56. The summed E-state index contributed by atoms with van der Waals surface area (Å²) in [6.45, 7) is 1.76. The number of nitrogens with zero attached hydrogens (tertiary/aromatic N) is 3. The summed E-state index contributed by atoms with van der Waals surface area (Å²) < 4.78 is 5.24. The molecule has 6 heteroatoms. The molecule has 1 atom stereocenters. The van der Waals surface area contributed by atoms with Gasteiger partial charge in [-0.05, 0) is 19.1 Å². The van der Waals surface area contributed by atoms with Crippen LogP contribution in [0, 0.1) is 0 Å². The standard InChI is InChI=1S/C9H9ClN4O/c1-6(10)8-13-14-9(15-8)12-7-4-2-3-5-11-7/h2-6H,1H3,(H,11,12,14). The second-order valence-electron chi connectivity index (χ2n) is 2.90. The van der Waals surface area contributed by atoms with Crippen molar-refractivity contribution in [1.82, 2.24) is 15.2 Å². The minimum Gasteiger partial charge on any atom is -0.406 e. The SMILES string of the molecule is CC(Cl)c1nnc(Nc2ccccn2)o1. The number of aromatic nitrogens is 3. The first-order valence-corrected chi connectivity index (χ1v) is 4.85. The first-order valence-electron chi connectivity index (χ1n) is 4.41. The van der Waals surface area contributed by atoms with Crippen molar-refractivity contribution in [3.05, 3.63) is 30.3 Å². The summed E-state index contributed by atoms with van der Waals surface area (Å²) in [6.07, 6.45) is 1.67. The van der Waals surface area contributed by atoms with E-state index in [-0.39, 0.29) is 11.4 Å². The van der Waals surface area contributed by atoms with E-state index < -0.39 is 0 Å². The lowest BCUT2D eigenvalue weighted by Crippen LogP contribution is -1.92. The van der Waals surface area contributed by atoms with Gasteiger partial charge in [0.25, 0.3) is 0 Å². The molecule has 0 radical (unpaired) electrons. The minimum absolute atomic E-state index is 0.288. The Hall–Kier alpha value is -1.62. The lowest BCUT2D eigenvalue weighted by Gasteiger charge is -1.98. The molecule has 5 nitrogen and oxygen atoms in total. The van der Waals surface area contributed by atoms with Crippen LogP contribution in [0.4, 0.5) is 11.8 Å². The van der Waals surface area contributed by atoms with Gasteiger partial charge in [0.15, 0.2) is 0 Å². The molecule has 0 amide bonds. The molecule has 2 heterocycles. The molecule has 0 aliphatic heterocycles. The maximum Gasteiger partial charge on any atom is 0.321 e. The van der Waals surface area contributed by atoms with Crippen LogP contribution in [0.25, 0.3) is 0 Å². The third kappa shape index (κ3) is 2.44. The zero-order valence-corrected chi connectivity index (χ0v) is 8.77. The quantitative estimate of drug-likeness (QED) is 0.812. The van der Waals surface area contributed by atoms with Crippen molar-refractivity contribution >= 4 is 23.4 Å². The zero-order valence-electron chi connectivity index (χ0n) is 8.01. The molecule has 1 unspecified atom stereocenters. The average Bonchev–Trinajstić information content (AvgIpc) is 2.68. The second kappa shape index (κ2) is 4.27. The number of nitrogens with one attached hydrogen (secondary N) is 1. The Morgan fingerprint density at radius 3 is 2.87 bits per heavy atom. The molecule has 0 bridgehead atoms. The fourth-order valence-corrected chi connectivity index (χ4v) is 1.08. The number of anilines is 2. The number of hydrogen-bond donors (Lipinski definition) is 1. The van der Waals surface area contributed by atoms with Gasteiger partial charge in [0.2, 0.25) is 5.89 Å². The Morgan fingerprint density at radius 1 is 1.40 bits per heavy atom. The predicted molar refractivity (Wildman–Crippen MR) is 56.1 cm³/mol. The van der Waals surface area contributed by atoms with Gasteiger partial charge in [-0.1, -0.05) is 11.2 Å². The topological polar surface area (TPSA) is 63.8 Å². The van der Waals surface area contributed by atoms with Gasteiger partial charge in [-0.2, -0.15) is 0 Å². The van der Waals surface area contributed by atoms with Crippen LogP contribution in [0.15, 0.2) is 28.8 Å². The summed E-state index contributed by atoms with van der Waals surface area (Å²) in [5.74, 6) is 1.03. The van der Waals surface area contributed by atoms with Gasteiger partial charge in [-0.3, -0.25) is 5.32 Å². The first kappa shape index (κ1) is 9.92. The van der Waals surface area contributed by atoms with E-state index in [9.17, 15) is 0 Å². The molecule has 0 aliphatic carbocycles. The van der Waals surface area contributed by atoms with E-state index in [0.717, 1.165) is 0 Å². The molecular formula is C9H9ClN4O. The monoisotopic (exact) mass is 224 g/mol. The molecule has 2 rings (SSSR count). The lowest BCUT2D eigenvalue weighted by molar-refractivity contribution is 0.509. The van der Waals surface area contributed by atoms with Crippen molar-refractivity contribution in [3.8, 4) is 0 Å². The van der Waals surface area contributed by atoms with Crippen LogP contribution in [0.3, 0.4) is 0 Å². The minimum atomic E-state index is -0.295. The Labute approximate surface area is 91.5 Å². The van der Waals surface area contributed by atoms with Crippen LogP contribution in [0.5, 0.6) is 0 Å². The Bertz CT molecular complexity index is 429. The summed E-state index contributed by atoms with van der Waals surface area (Å²) in [5.41, 5.74) is 0. The largest absolute Gasteiger partial charge is 0.406 e. The van der Waals surface area contributed by atoms with Gasteiger partial charge < -0.3 is 4.42 Å². The lowest BCUT2D eigenvalue weighted by atomic mass is 10.5. The summed E-state index contributed by atoms with van der Waals surface area (Å²) in [6, 6.07) is 5.77. The average molecular weight is 225 g/mol. The number of alkyl halides is 1. The molecule has 1 N–H and O–H groups in total. The van der Waals surface area contributed by atoms with Crippen molar-refractivity contribution < 1.29 is 4.42 Å². The molecule has 2 aromatic heterocycles. The number of rotatable bonds is 3. The predicted octanol–water partition coefficient (Wildman–Crippen LogP) is 2.51. The molecule has 78 valence electrons. The van der Waals surface area contributed by atoms with Crippen LogP contribution >= 0.6 is 11.6 Å². The number of pyridine rings is 1. The van der Waals surface area contributed by atoms with Crippen LogP contribution in [-0.2, 0) is 0 Å². The molecule has 0 aromatic carbocycles. The van der Waals surface area contributed by atoms with Crippen LogP contribution in [0.1, 0.15) is 18.2 Å². The van der Waals surface area contributed by atoms with E-state index in [1.807, 2.05) is 12.1 Å². The van der Waals surface area contributed by atoms with E-state index in [4.69, 9.17) is 16.0 Å². The Morgan fingerprint density at radius 2 is 2.27 bits per heavy atom. The van der Waals surface area contributed by atoms with Crippen molar-refractivity contribution in [1.29, 1.82) is 0 Å². The number of halogens is 1. The Balaban J connectivity index is 2.12. The highest BCUT2D eigenvalue weighted by molar-refractivity contribution is 6.20.